The van der Waals surface area contributed by atoms with E-state index in [0.717, 1.165) is 24.0 Å². The highest BCUT2D eigenvalue weighted by Crippen LogP contribution is 2.56. The van der Waals surface area contributed by atoms with Gasteiger partial charge in [0.15, 0.2) is 0 Å². The fourth-order valence-corrected chi connectivity index (χ4v) is 10.0. The molecule has 0 aliphatic heterocycles. The molecule has 8 heteroatoms. The van der Waals surface area contributed by atoms with Crippen LogP contribution in [0.3, 0.4) is 0 Å². The third kappa shape index (κ3) is 8.93. The number of carbonyl (C=O) groups is 2. The van der Waals surface area contributed by atoms with Crippen molar-refractivity contribution in [1.29, 1.82) is 0 Å². The van der Waals surface area contributed by atoms with E-state index in [0.29, 0.717) is 74.2 Å². The number of ether oxygens (including phenoxy) is 4. The highest BCUT2D eigenvalue weighted by molar-refractivity contribution is 8.00. The highest BCUT2D eigenvalue weighted by Gasteiger charge is 2.52. The van der Waals surface area contributed by atoms with E-state index in [1.807, 2.05) is 32.9 Å². The van der Waals surface area contributed by atoms with Crippen LogP contribution in [0.1, 0.15) is 73.1 Å². The first-order valence-corrected chi connectivity index (χ1v) is 18.5. The summed E-state index contributed by atoms with van der Waals surface area (Å²) >= 11 is 0. The molecule has 0 aromatic heterocycles. The molecule has 1 fully saturated rings. The highest BCUT2D eigenvalue weighted by atomic mass is 31.2. The van der Waals surface area contributed by atoms with Gasteiger partial charge in [0.25, 0.3) is 0 Å². The molecule has 0 bridgehead atoms. The maximum Gasteiger partial charge on any atom is 0.244 e. The average molecular weight is 655 g/mol. The molecule has 3 rings (SSSR count). The lowest BCUT2D eigenvalue weighted by Crippen LogP contribution is -2.44. The van der Waals surface area contributed by atoms with E-state index in [1.54, 1.807) is 30.3 Å². The zero-order valence-electron chi connectivity index (χ0n) is 29.0. The molecule has 0 amide bonds. The minimum absolute atomic E-state index is 0.0287. The lowest BCUT2D eigenvalue weighted by Gasteiger charge is -2.44. The van der Waals surface area contributed by atoms with E-state index < -0.39 is 24.1 Å². The van der Waals surface area contributed by atoms with Crippen LogP contribution in [-0.4, -0.2) is 57.3 Å². The van der Waals surface area contributed by atoms with Gasteiger partial charge in [-0.25, -0.2) is 0 Å². The van der Waals surface area contributed by atoms with Crippen LogP contribution in [-0.2, 0) is 34.9 Å². The largest absolute Gasteiger partial charge is 0.379 e. The van der Waals surface area contributed by atoms with Crippen LogP contribution in [0.2, 0.25) is 0 Å². The number of hydrogen-bond acceptors (Lipinski definition) is 7. The second-order valence-electron chi connectivity index (χ2n) is 12.9. The van der Waals surface area contributed by atoms with Crippen molar-refractivity contribution in [3.05, 3.63) is 76.9 Å². The predicted molar refractivity (Wildman–Crippen MR) is 185 cm³/mol. The Morgan fingerprint density at radius 2 is 1.54 bits per heavy atom. The normalized spacial score (nSPS) is 22.7. The molecule has 2 aromatic rings. The van der Waals surface area contributed by atoms with Crippen LogP contribution < -0.4 is 5.30 Å². The molecule has 0 saturated heterocycles. The summed E-state index contributed by atoms with van der Waals surface area (Å²) in [6, 6.07) is 10.6. The molecule has 6 atom stereocenters. The minimum Gasteiger partial charge on any atom is -0.379 e. The quantitative estimate of drug-likeness (QED) is 0.0873. The summed E-state index contributed by atoms with van der Waals surface area (Å²) in [5.74, 6) is -0.263. The van der Waals surface area contributed by atoms with Crippen molar-refractivity contribution in [2.75, 3.05) is 46.2 Å². The Morgan fingerprint density at radius 3 is 2.22 bits per heavy atom. The Labute approximate surface area is 276 Å². The van der Waals surface area contributed by atoms with Gasteiger partial charge in [0, 0.05) is 23.4 Å². The van der Waals surface area contributed by atoms with E-state index in [4.69, 9.17) is 18.9 Å². The summed E-state index contributed by atoms with van der Waals surface area (Å²) in [5.41, 5.74) is 2.56. The molecule has 7 nitrogen and oxygen atoms in total. The summed E-state index contributed by atoms with van der Waals surface area (Å²) in [6.45, 7) is 21.5. The van der Waals surface area contributed by atoms with E-state index in [9.17, 15) is 9.59 Å². The van der Waals surface area contributed by atoms with Gasteiger partial charge in [-0.15, -0.1) is 6.58 Å². The summed E-state index contributed by atoms with van der Waals surface area (Å²) in [5, 5.41) is 0.292. The molecule has 0 N–H and O–H groups in total. The fraction of sp³-hybridized carbons (Fsp3) is 0.579. The topological polar surface area (TPSA) is 88.1 Å². The number of benzene rings is 2. The molecular formula is C38H55O7P. The first-order valence-electron chi connectivity index (χ1n) is 16.8. The van der Waals surface area contributed by atoms with E-state index >= 15 is 4.57 Å². The SMILES string of the molecule is C=CCOCCOCc1c(C)cc(C)c(C(=O)P(=O)(C(=O)C2C(C)CC(C)C(COCCOCCC)C2C)c2ccccc2)c1C. The van der Waals surface area contributed by atoms with Gasteiger partial charge < -0.3 is 23.5 Å². The van der Waals surface area contributed by atoms with Crippen LogP contribution in [0, 0.1) is 50.4 Å². The standard InChI is InChI=1S/C38H55O7P/c1-9-16-42-18-20-44-24-33-26(3)22-28(5)35(30(33)7)37(39)46(41,32-14-12-11-13-15-32)38(40)36-29(6)23-27(4)34(31(36)8)25-45-21-19-43-17-10-2/h9,11-15,22,27,29,31,34,36H,1,10,16-21,23-25H2,2-8H3. The van der Waals surface area contributed by atoms with Crippen LogP contribution in [0.25, 0.3) is 0 Å². The van der Waals surface area contributed by atoms with Gasteiger partial charge in [-0.05, 0) is 79.5 Å². The van der Waals surface area contributed by atoms with Crippen molar-refractivity contribution in [1.82, 2.24) is 0 Å². The zero-order chi connectivity index (χ0) is 33.9. The zero-order valence-corrected chi connectivity index (χ0v) is 29.9. The molecule has 0 spiro atoms. The van der Waals surface area contributed by atoms with Gasteiger partial charge in [-0.3, -0.25) is 9.59 Å². The Morgan fingerprint density at radius 1 is 0.891 bits per heavy atom. The first-order chi connectivity index (χ1) is 22.0. The van der Waals surface area contributed by atoms with E-state index in [-0.39, 0.29) is 24.4 Å². The average Bonchev–Trinajstić information content (AvgIpc) is 3.02. The van der Waals surface area contributed by atoms with Crippen LogP contribution in [0.5, 0.6) is 0 Å². The molecule has 254 valence electrons. The Kier molecular flexibility index (Phi) is 15.1. The van der Waals surface area contributed by atoms with Crippen molar-refractivity contribution in [2.45, 2.75) is 67.9 Å². The third-order valence-electron chi connectivity index (χ3n) is 9.56. The smallest absolute Gasteiger partial charge is 0.244 e. The molecule has 0 heterocycles. The van der Waals surface area contributed by atoms with Crippen LogP contribution >= 0.6 is 7.14 Å². The van der Waals surface area contributed by atoms with Crippen molar-refractivity contribution >= 4 is 23.5 Å². The van der Waals surface area contributed by atoms with Crippen molar-refractivity contribution in [3.8, 4) is 0 Å². The van der Waals surface area contributed by atoms with Gasteiger partial charge in [-0.2, -0.15) is 0 Å². The van der Waals surface area contributed by atoms with Crippen LogP contribution in [0.15, 0.2) is 49.1 Å². The maximum atomic E-state index is 15.4. The first kappa shape index (κ1) is 38.0. The molecule has 1 saturated carbocycles. The number of aryl methyl sites for hydroxylation is 2. The Hall–Kier alpha value is -2.41. The number of carbonyl (C=O) groups excluding carboxylic acids is 2. The fourth-order valence-electron chi connectivity index (χ4n) is 7.16. The Balaban J connectivity index is 1.97. The molecule has 2 aromatic carbocycles. The van der Waals surface area contributed by atoms with Crippen molar-refractivity contribution in [3.63, 3.8) is 0 Å². The summed E-state index contributed by atoms with van der Waals surface area (Å²) in [6.07, 6.45) is 3.44. The molecule has 1 aliphatic rings. The predicted octanol–water partition coefficient (Wildman–Crippen LogP) is 7.67. The van der Waals surface area contributed by atoms with Gasteiger partial charge >= 0.3 is 0 Å². The lowest BCUT2D eigenvalue weighted by atomic mass is 9.64. The molecular weight excluding hydrogens is 599 g/mol. The molecule has 6 unspecified atom stereocenters. The third-order valence-corrected chi connectivity index (χ3v) is 12.3. The lowest BCUT2D eigenvalue weighted by molar-refractivity contribution is -0.123. The van der Waals surface area contributed by atoms with E-state index in [2.05, 4.69) is 34.3 Å². The van der Waals surface area contributed by atoms with Gasteiger partial charge in [-0.1, -0.05) is 70.2 Å². The van der Waals surface area contributed by atoms with Crippen molar-refractivity contribution in [2.24, 2.45) is 29.6 Å². The Bertz CT molecular complexity index is 1350. The van der Waals surface area contributed by atoms with Gasteiger partial charge in [0.1, 0.15) is 0 Å². The minimum atomic E-state index is -4.25. The molecule has 46 heavy (non-hydrogen) atoms. The van der Waals surface area contributed by atoms with E-state index in [1.165, 1.54) is 0 Å². The number of hydrogen-bond donors (Lipinski definition) is 0. The summed E-state index contributed by atoms with van der Waals surface area (Å²) < 4.78 is 38.3. The monoisotopic (exact) mass is 654 g/mol. The van der Waals surface area contributed by atoms with Gasteiger partial charge in [0.2, 0.25) is 18.2 Å². The summed E-state index contributed by atoms with van der Waals surface area (Å²) in [7, 11) is -4.25. The molecule has 0 radical (unpaired) electrons. The van der Waals surface area contributed by atoms with Crippen LogP contribution in [0.4, 0.5) is 0 Å². The van der Waals surface area contributed by atoms with Crippen molar-refractivity contribution < 1.29 is 33.1 Å². The summed E-state index contributed by atoms with van der Waals surface area (Å²) in [4.78, 5) is 29.6. The second kappa shape index (κ2) is 18.2. The number of rotatable bonds is 19. The molecule has 1 aliphatic carbocycles. The van der Waals surface area contributed by atoms with Gasteiger partial charge in [0.05, 0.1) is 46.2 Å². The maximum absolute atomic E-state index is 15.4. The second-order valence-corrected chi connectivity index (χ2v) is 15.5.